The van der Waals surface area contributed by atoms with Gasteiger partial charge in [0.15, 0.2) is 5.11 Å². The third kappa shape index (κ3) is 2.60. The van der Waals surface area contributed by atoms with Gasteiger partial charge in [0.1, 0.15) is 5.75 Å². The van der Waals surface area contributed by atoms with Crippen LogP contribution < -0.4 is 15.4 Å². The van der Waals surface area contributed by atoms with Gasteiger partial charge < -0.3 is 15.4 Å². The summed E-state index contributed by atoms with van der Waals surface area (Å²) < 4.78 is 5.18. The second-order valence-corrected chi connectivity index (χ2v) is 5.17. The minimum atomic E-state index is 0.163. The van der Waals surface area contributed by atoms with E-state index in [9.17, 15) is 0 Å². The van der Waals surface area contributed by atoms with E-state index in [1.54, 1.807) is 7.11 Å². The van der Waals surface area contributed by atoms with Crippen LogP contribution in [0.3, 0.4) is 0 Å². The summed E-state index contributed by atoms with van der Waals surface area (Å²) in [5.41, 5.74) is 3.47. The maximum atomic E-state index is 5.31. The van der Waals surface area contributed by atoms with Gasteiger partial charge in [-0.25, -0.2) is 0 Å². The van der Waals surface area contributed by atoms with Crippen LogP contribution >= 0.6 is 12.2 Å². The molecule has 0 fully saturated rings. The molecule has 1 aliphatic carbocycles. The van der Waals surface area contributed by atoms with Crippen LogP contribution in [0.1, 0.15) is 12.0 Å². The number of hydrogen-bond acceptors (Lipinski definition) is 2. The van der Waals surface area contributed by atoms with E-state index in [2.05, 4.69) is 34.9 Å². The fraction of sp³-hybridized carbons (Fsp3) is 0.188. The molecule has 1 aliphatic heterocycles. The first kappa shape index (κ1) is 12.9. The molecule has 3 rings (SSSR count). The monoisotopic (exact) mass is 284 g/mol. The van der Waals surface area contributed by atoms with Crippen LogP contribution in [-0.4, -0.2) is 18.3 Å². The van der Waals surface area contributed by atoms with E-state index in [4.69, 9.17) is 17.0 Å². The summed E-state index contributed by atoms with van der Waals surface area (Å²) in [7, 11) is 1.67. The molecule has 1 atom stereocenters. The van der Waals surface area contributed by atoms with Gasteiger partial charge in [-0.15, -0.1) is 0 Å². The van der Waals surface area contributed by atoms with Crippen LogP contribution in [0.15, 0.2) is 54.1 Å². The molecule has 102 valence electrons. The van der Waals surface area contributed by atoms with Crippen molar-refractivity contribution in [2.75, 3.05) is 7.11 Å². The van der Waals surface area contributed by atoms with E-state index in [0.29, 0.717) is 5.11 Å². The van der Waals surface area contributed by atoms with Crippen LogP contribution in [0.2, 0.25) is 0 Å². The zero-order chi connectivity index (χ0) is 13.9. The number of ether oxygens (including phenoxy) is 1. The largest absolute Gasteiger partial charge is 0.497 e. The second kappa shape index (κ2) is 5.51. The molecule has 0 saturated heterocycles. The molecule has 2 aliphatic rings. The number of hydrogen-bond donors (Lipinski definition) is 2. The normalized spacial score (nSPS) is 20.9. The van der Waals surface area contributed by atoms with Gasteiger partial charge in [0.2, 0.25) is 0 Å². The summed E-state index contributed by atoms with van der Waals surface area (Å²) in [5, 5.41) is 7.17. The first-order valence-corrected chi connectivity index (χ1v) is 6.96. The van der Waals surface area contributed by atoms with Crippen molar-refractivity contribution in [1.82, 2.24) is 10.6 Å². The van der Waals surface area contributed by atoms with Crippen LogP contribution in [0.5, 0.6) is 5.75 Å². The van der Waals surface area contributed by atoms with Crippen molar-refractivity contribution in [3.63, 3.8) is 0 Å². The Morgan fingerprint density at radius 3 is 2.70 bits per heavy atom. The average Bonchev–Trinajstić information content (AvgIpc) is 3.01. The Hall–Kier alpha value is -2.07. The Bertz CT molecular complexity index is 614. The van der Waals surface area contributed by atoms with Gasteiger partial charge >= 0.3 is 0 Å². The summed E-state index contributed by atoms with van der Waals surface area (Å²) >= 11 is 5.31. The zero-order valence-electron chi connectivity index (χ0n) is 11.2. The van der Waals surface area contributed by atoms with Crippen molar-refractivity contribution in [3.05, 3.63) is 59.7 Å². The number of methoxy groups -OCH3 is 1. The van der Waals surface area contributed by atoms with Gasteiger partial charge in [-0.1, -0.05) is 18.2 Å². The topological polar surface area (TPSA) is 33.3 Å². The average molecular weight is 284 g/mol. The minimum Gasteiger partial charge on any atom is -0.497 e. The Kier molecular flexibility index (Phi) is 3.56. The summed E-state index contributed by atoms with van der Waals surface area (Å²) in [6.07, 6.45) is 9.54. The highest BCUT2D eigenvalue weighted by Gasteiger charge is 2.20. The van der Waals surface area contributed by atoms with Gasteiger partial charge in [-0.3, -0.25) is 0 Å². The number of thiocarbonyl (C=S) groups is 1. The summed E-state index contributed by atoms with van der Waals surface area (Å²) in [6, 6.07) is 8.13. The van der Waals surface area contributed by atoms with Crippen molar-refractivity contribution in [1.29, 1.82) is 0 Å². The summed E-state index contributed by atoms with van der Waals surface area (Å²) in [4.78, 5) is 0. The highest BCUT2D eigenvalue weighted by molar-refractivity contribution is 7.80. The third-order valence-electron chi connectivity index (χ3n) is 3.47. The molecule has 0 bridgehead atoms. The van der Waals surface area contributed by atoms with E-state index in [1.807, 2.05) is 24.3 Å². The lowest BCUT2D eigenvalue weighted by atomic mass is 10.0. The van der Waals surface area contributed by atoms with Crippen LogP contribution in [-0.2, 0) is 0 Å². The smallest absolute Gasteiger partial charge is 0.171 e. The van der Waals surface area contributed by atoms with Crippen LogP contribution in [0.4, 0.5) is 0 Å². The zero-order valence-corrected chi connectivity index (χ0v) is 12.0. The summed E-state index contributed by atoms with van der Waals surface area (Å²) in [5.74, 6) is 0.852. The van der Waals surface area contributed by atoms with Crippen molar-refractivity contribution in [2.45, 2.75) is 12.5 Å². The fourth-order valence-corrected chi connectivity index (χ4v) is 2.62. The van der Waals surface area contributed by atoms with Crippen molar-refractivity contribution < 1.29 is 4.74 Å². The first-order chi connectivity index (χ1) is 9.76. The molecule has 4 heteroatoms. The molecule has 0 saturated carbocycles. The summed E-state index contributed by atoms with van der Waals surface area (Å²) in [6.45, 7) is 0. The number of benzene rings is 1. The van der Waals surface area contributed by atoms with E-state index in [0.717, 1.165) is 23.4 Å². The Morgan fingerprint density at radius 1 is 1.25 bits per heavy atom. The quantitative estimate of drug-likeness (QED) is 0.836. The van der Waals surface area contributed by atoms with E-state index >= 15 is 0 Å². The third-order valence-corrected chi connectivity index (χ3v) is 3.69. The highest BCUT2D eigenvalue weighted by atomic mass is 32.1. The molecule has 0 aromatic heterocycles. The molecular formula is C16H16N2OS. The van der Waals surface area contributed by atoms with Gasteiger partial charge in [0, 0.05) is 5.70 Å². The van der Waals surface area contributed by atoms with Crippen molar-refractivity contribution >= 4 is 23.0 Å². The Morgan fingerprint density at radius 2 is 2.05 bits per heavy atom. The molecule has 0 amide bonds. The Balaban J connectivity index is 1.88. The Labute approximate surface area is 124 Å². The molecular weight excluding hydrogens is 268 g/mol. The number of allylic oxidation sites excluding steroid dienone is 3. The molecule has 1 heterocycles. The highest BCUT2D eigenvalue weighted by Crippen LogP contribution is 2.23. The number of rotatable bonds is 3. The molecule has 0 radical (unpaired) electrons. The molecule has 1 aromatic carbocycles. The molecule has 3 nitrogen and oxygen atoms in total. The first-order valence-electron chi connectivity index (χ1n) is 6.55. The van der Waals surface area contributed by atoms with Crippen molar-refractivity contribution in [2.24, 2.45) is 0 Å². The number of nitrogens with one attached hydrogen (secondary N) is 2. The lowest BCUT2D eigenvalue weighted by Crippen LogP contribution is -2.45. The molecule has 0 spiro atoms. The predicted octanol–water partition coefficient (Wildman–Crippen LogP) is 2.77. The van der Waals surface area contributed by atoms with E-state index in [1.165, 1.54) is 5.57 Å². The SMILES string of the molecule is COc1ccc(C2=CC(C3=CC=CC3)NC(=S)N2)cc1. The van der Waals surface area contributed by atoms with Crippen LogP contribution in [0, 0.1) is 0 Å². The lowest BCUT2D eigenvalue weighted by Gasteiger charge is -2.27. The molecule has 1 unspecified atom stereocenters. The van der Waals surface area contributed by atoms with E-state index < -0.39 is 0 Å². The lowest BCUT2D eigenvalue weighted by molar-refractivity contribution is 0.415. The van der Waals surface area contributed by atoms with Gasteiger partial charge in [0.25, 0.3) is 0 Å². The van der Waals surface area contributed by atoms with Gasteiger partial charge in [0.05, 0.1) is 13.2 Å². The molecule has 1 aromatic rings. The van der Waals surface area contributed by atoms with Gasteiger partial charge in [-0.05, 0) is 60.1 Å². The maximum Gasteiger partial charge on any atom is 0.171 e. The van der Waals surface area contributed by atoms with Crippen LogP contribution in [0.25, 0.3) is 5.70 Å². The minimum absolute atomic E-state index is 0.163. The van der Waals surface area contributed by atoms with Gasteiger partial charge in [-0.2, -0.15) is 0 Å². The van der Waals surface area contributed by atoms with E-state index in [-0.39, 0.29) is 6.04 Å². The van der Waals surface area contributed by atoms with Crippen molar-refractivity contribution in [3.8, 4) is 5.75 Å². The second-order valence-electron chi connectivity index (χ2n) is 4.76. The fourth-order valence-electron chi connectivity index (χ4n) is 2.38. The molecule has 20 heavy (non-hydrogen) atoms. The standard InChI is InChI=1S/C16H16N2OS/c1-19-13-8-6-12(7-9-13)15-10-14(17-16(20)18-15)11-4-2-3-5-11/h2-4,6-10,14H,5H2,1H3,(H2,17,18,20). The predicted molar refractivity (Wildman–Crippen MR) is 85.5 cm³/mol. The molecule has 2 N–H and O–H groups in total. The maximum absolute atomic E-state index is 5.31.